The number of rotatable bonds is 2. The van der Waals surface area contributed by atoms with Crippen molar-refractivity contribution in [1.82, 2.24) is 5.32 Å². The largest absolute Gasteiger partial charge is 0.342 e. The van der Waals surface area contributed by atoms with Gasteiger partial charge in [0.25, 0.3) is 5.91 Å². The number of fused-ring (bicyclic) bond motifs is 1. The molecule has 4 nitrogen and oxygen atoms in total. The Kier molecular flexibility index (Phi) is 2.75. The maximum absolute atomic E-state index is 12.0. The van der Waals surface area contributed by atoms with Crippen molar-refractivity contribution in [2.45, 2.75) is 19.4 Å². The molecule has 0 aliphatic carbocycles. The van der Waals surface area contributed by atoms with Gasteiger partial charge in [0.1, 0.15) is 0 Å². The smallest absolute Gasteiger partial charge is 0.252 e. The summed E-state index contributed by atoms with van der Waals surface area (Å²) in [6.45, 7) is 2.22. The molecule has 0 fully saturated rings. The summed E-state index contributed by atoms with van der Waals surface area (Å²) >= 11 is 0. The van der Waals surface area contributed by atoms with Gasteiger partial charge in [-0.1, -0.05) is 18.2 Å². The normalized spacial score (nSPS) is 19.2. The molecular formula is C12H14N2O2. The van der Waals surface area contributed by atoms with Gasteiger partial charge in [0.2, 0.25) is 0 Å². The lowest BCUT2D eigenvalue weighted by Gasteiger charge is -2.24. The fraction of sp³-hybridized carbons (Fsp3) is 0.333. The Morgan fingerprint density at radius 3 is 2.81 bits per heavy atom. The minimum absolute atomic E-state index is 0.0382. The molecular weight excluding hydrogens is 204 g/mol. The van der Waals surface area contributed by atoms with Crippen molar-refractivity contribution in [3.63, 3.8) is 0 Å². The van der Waals surface area contributed by atoms with Crippen LogP contribution in [0.2, 0.25) is 0 Å². The Morgan fingerprint density at radius 1 is 1.38 bits per heavy atom. The van der Waals surface area contributed by atoms with E-state index < -0.39 is 6.04 Å². The van der Waals surface area contributed by atoms with E-state index in [1.165, 1.54) is 0 Å². The molecule has 0 aromatic heterocycles. The lowest BCUT2D eigenvalue weighted by molar-refractivity contribution is 0.0824. The summed E-state index contributed by atoms with van der Waals surface area (Å²) < 4.78 is 0. The van der Waals surface area contributed by atoms with Gasteiger partial charge >= 0.3 is 0 Å². The van der Waals surface area contributed by atoms with Crippen molar-refractivity contribution in [3.05, 3.63) is 34.9 Å². The highest BCUT2D eigenvalue weighted by molar-refractivity contribution is 6.15. The summed E-state index contributed by atoms with van der Waals surface area (Å²) in [6.07, 6.45) is 0.484. The molecule has 0 saturated heterocycles. The first-order chi connectivity index (χ1) is 7.65. The molecule has 2 rings (SSSR count). The summed E-state index contributed by atoms with van der Waals surface area (Å²) in [5.74, 6) is -0.213. The first-order valence-corrected chi connectivity index (χ1v) is 5.30. The fourth-order valence-electron chi connectivity index (χ4n) is 2.03. The highest BCUT2D eigenvalue weighted by Gasteiger charge is 2.31. The van der Waals surface area contributed by atoms with Crippen molar-refractivity contribution >= 4 is 11.7 Å². The highest BCUT2D eigenvalue weighted by atomic mass is 16.2. The Balaban J connectivity index is 2.47. The predicted octanol–water partition coefficient (Wildman–Crippen LogP) is 0.639. The van der Waals surface area contributed by atoms with Crippen LogP contribution >= 0.6 is 0 Å². The zero-order valence-corrected chi connectivity index (χ0v) is 9.12. The van der Waals surface area contributed by atoms with Gasteiger partial charge in [0.15, 0.2) is 5.78 Å². The SMILES string of the molecule is Cc1cccc2c1C(=O)N[C@@H](CCN)C2=O. The van der Waals surface area contributed by atoms with Crippen molar-refractivity contribution in [2.75, 3.05) is 6.54 Å². The van der Waals surface area contributed by atoms with E-state index in [1.54, 1.807) is 12.1 Å². The number of benzene rings is 1. The summed E-state index contributed by atoms with van der Waals surface area (Å²) in [4.78, 5) is 23.9. The first kappa shape index (κ1) is 10.8. The van der Waals surface area contributed by atoms with Crippen LogP contribution in [0.1, 0.15) is 32.7 Å². The highest BCUT2D eigenvalue weighted by Crippen LogP contribution is 2.21. The number of carbonyl (C=O) groups excluding carboxylic acids is 2. The van der Waals surface area contributed by atoms with Crippen LogP contribution in [0.5, 0.6) is 0 Å². The van der Waals surface area contributed by atoms with E-state index in [2.05, 4.69) is 5.32 Å². The zero-order valence-electron chi connectivity index (χ0n) is 9.12. The van der Waals surface area contributed by atoms with Crippen LogP contribution in [0.4, 0.5) is 0 Å². The molecule has 1 aromatic rings. The van der Waals surface area contributed by atoms with Gasteiger partial charge in [-0.15, -0.1) is 0 Å². The number of ketones is 1. The van der Waals surface area contributed by atoms with Crippen molar-refractivity contribution in [2.24, 2.45) is 5.73 Å². The molecule has 0 bridgehead atoms. The van der Waals surface area contributed by atoms with E-state index in [1.807, 2.05) is 13.0 Å². The summed E-state index contributed by atoms with van der Waals surface area (Å²) in [5.41, 5.74) is 7.26. The second-order valence-corrected chi connectivity index (χ2v) is 3.97. The van der Waals surface area contributed by atoms with Gasteiger partial charge in [-0.05, 0) is 25.5 Å². The molecule has 0 spiro atoms. The van der Waals surface area contributed by atoms with Crippen LogP contribution in [0.25, 0.3) is 0 Å². The third kappa shape index (κ3) is 1.61. The molecule has 1 amide bonds. The van der Waals surface area contributed by atoms with Crippen LogP contribution in [-0.2, 0) is 0 Å². The molecule has 0 saturated carbocycles. The summed E-state index contributed by atoms with van der Waals surface area (Å²) in [5, 5.41) is 2.70. The fourth-order valence-corrected chi connectivity index (χ4v) is 2.03. The molecule has 1 aliphatic heterocycles. The van der Waals surface area contributed by atoms with Gasteiger partial charge in [-0.3, -0.25) is 9.59 Å². The van der Waals surface area contributed by atoms with Gasteiger partial charge in [-0.2, -0.15) is 0 Å². The predicted molar refractivity (Wildman–Crippen MR) is 60.4 cm³/mol. The van der Waals surface area contributed by atoms with E-state index in [4.69, 9.17) is 5.73 Å². The monoisotopic (exact) mass is 218 g/mol. The maximum atomic E-state index is 12.0. The first-order valence-electron chi connectivity index (χ1n) is 5.30. The van der Waals surface area contributed by atoms with Crippen LogP contribution < -0.4 is 11.1 Å². The lowest BCUT2D eigenvalue weighted by Crippen LogP contribution is -2.47. The Hall–Kier alpha value is -1.68. The van der Waals surface area contributed by atoms with Gasteiger partial charge in [0, 0.05) is 5.56 Å². The average Bonchev–Trinajstić information content (AvgIpc) is 2.25. The van der Waals surface area contributed by atoms with E-state index in [-0.39, 0.29) is 11.7 Å². The lowest BCUT2D eigenvalue weighted by atomic mass is 9.90. The van der Waals surface area contributed by atoms with Gasteiger partial charge in [0.05, 0.1) is 11.6 Å². The molecule has 1 atom stereocenters. The third-order valence-corrected chi connectivity index (χ3v) is 2.84. The average molecular weight is 218 g/mol. The van der Waals surface area contributed by atoms with Crippen LogP contribution in [-0.4, -0.2) is 24.3 Å². The Bertz CT molecular complexity index is 454. The van der Waals surface area contributed by atoms with Crippen molar-refractivity contribution in [3.8, 4) is 0 Å². The minimum atomic E-state index is -0.466. The molecule has 1 aromatic carbocycles. The Morgan fingerprint density at radius 2 is 2.12 bits per heavy atom. The van der Waals surface area contributed by atoms with Crippen molar-refractivity contribution in [1.29, 1.82) is 0 Å². The molecule has 4 heteroatoms. The summed E-state index contributed by atoms with van der Waals surface area (Å²) in [6, 6.07) is 4.86. The summed E-state index contributed by atoms with van der Waals surface area (Å²) in [7, 11) is 0. The molecule has 1 heterocycles. The molecule has 0 unspecified atom stereocenters. The van der Waals surface area contributed by atoms with Gasteiger partial charge < -0.3 is 11.1 Å². The van der Waals surface area contributed by atoms with Crippen LogP contribution in [0.3, 0.4) is 0 Å². The Labute approximate surface area is 93.8 Å². The topological polar surface area (TPSA) is 72.2 Å². The number of hydrogen-bond donors (Lipinski definition) is 2. The maximum Gasteiger partial charge on any atom is 0.252 e. The number of hydrogen-bond acceptors (Lipinski definition) is 3. The standard InChI is InChI=1S/C12H14N2O2/c1-7-3-2-4-8-10(7)12(16)14-9(5-6-13)11(8)15/h2-4,9H,5-6,13H2,1H3,(H,14,16)/t9-/m0/s1. The molecule has 0 radical (unpaired) electrons. The number of Topliss-reactive ketones (excluding diaryl/α,β-unsaturated/α-hetero) is 1. The molecule has 3 N–H and O–H groups in total. The van der Waals surface area contributed by atoms with E-state index in [0.29, 0.717) is 24.1 Å². The molecule has 1 aliphatic rings. The second kappa shape index (κ2) is 4.06. The molecule has 84 valence electrons. The van der Waals surface area contributed by atoms with E-state index in [0.717, 1.165) is 5.56 Å². The number of nitrogens with two attached hydrogens (primary N) is 1. The second-order valence-electron chi connectivity index (χ2n) is 3.97. The number of carbonyl (C=O) groups is 2. The quantitative estimate of drug-likeness (QED) is 0.765. The molecule has 16 heavy (non-hydrogen) atoms. The number of nitrogens with one attached hydrogen (secondary N) is 1. The zero-order chi connectivity index (χ0) is 11.7. The van der Waals surface area contributed by atoms with Crippen molar-refractivity contribution < 1.29 is 9.59 Å². The number of amides is 1. The van der Waals surface area contributed by atoms with Gasteiger partial charge in [-0.25, -0.2) is 0 Å². The van der Waals surface area contributed by atoms with Crippen LogP contribution in [0, 0.1) is 6.92 Å². The van der Waals surface area contributed by atoms with E-state index in [9.17, 15) is 9.59 Å². The third-order valence-electron chi connectivity index (χ3n) is 2.84. The van der Waals surface area contributed by atoms with E-state index >= 15 is 0 Å². The minimum Gasteiger partial charge on any atom is -0.342 e. The number of aryl methyl sites for hydroxylation is 1. The van der Waals surface area contributed by atoms with Crippen LogP contribution in [0.15, 0.2) is 18.2 Å².